The van der Waals surface area contributed by atoms with E-state index in [0.717, 1.165) is 32.5 Å². The van der Waals surface area contributed by atoms with Crippen molar-refractivity contribution >= 4 is 5.97 Å². The lowest BCUT2D eigenvalue weighted by Gasteiger charge is -2.38. The minimum absolute atomic E-state index is 0.378. The summed E-state index contributed by atoms with van der Waals surface area (Å²) in [7, 11) is 1.93. The van der Waals surface area contributed by atoms with Crippen LogP contribution in [0, 0.1) is 5.92 Å². The molecule has 0 aromatic rings. The predicted octanol–water partition coefficient (Wildman–Crippen LogP) is 1.51. The SMILES string of the molecule is CC(C)CN1CCC(N(C)C(C)C(=O)O)CC1. The number of hydrogen-bond donors (Lipinski definition) is 1. The Hall–Kier alpha value is -0.610. The number of nitrogens with zero attached hydrogens (tertiary/aromatic N) is 2. The fourth-order valence-corrected chi connectivity index (χ4v) is 2.52. The van der Waals surface area contributed by atoms with Gasteiger partial charge in [0.25, 0.3) is 0 Å². The van der Waals surface area contributed by atoms with Gasteiger partial charge in [0, 0.05) is 12.6 Å². The Morgan fingerprint density at radius 1 is 1.35 bits per heavy atom. The summed E-state index contributed by atoms with van der Waals surface area (Å²) in [6.45, 7) is 9.60. The van der Waals surface area contributed by atoms with E-state index in [-0.39, 0.29) is 6.04 Å². The van der Waals surface area contributed by atoms with Gasteiger partial charge in [-0.15, -0.1) is 0 Å². The molecule has 1 rings (SSSR count). The zero-order valence-corrected chi connectivity index (χ0v) is 11.5. The zero-order valence-electron chi connectivity index (χ0n) is 11.5. The lowest BCUT2D eigenvalue weighted by Crippen LogP contribution is -2.49. The quantitative estimate of drug-likeness (QED) is 0.793. The van der Waals surface area contributed by atoms with Crippen LogP contribution < -0.4 is 0 Å². The van der Waals surface area contributed by atoms with Gasteiger partial charge in [0.15, 0.2) is 0 Å². The molecule has 0 radical (unpaired) electrons. The van der Waals surface area contributed by atoms with Gasteiger partial charge >= 0.3 is 5.97 Å². The first-order valence-electron chi connectivity index (χ1n) is 6.59. The summed E-state index contributed by atoms with van der Waals surface area (Å²) in [6, 6.07) is 0.0427. The molecule has 17 heavy (non-hydrogen) atoms. The molecule has 4 nitrogen and oxygen atoms in total. The summed E-state index contributed by atoms with van der Waals surface area (Å²) < 4.78 is 0. The Kier molecular flexibility index (Phi) is 5.40. The van der Waals surface area contributed by atoms with E-state index in [0.29, 0.717) is 12.0 Å². The third kappa shape index (κ3) is 4.28. The number of likely N-dealkylation sites (N-methyl/N-ethyl adjacent to an activating group) is 1. The minimum atomic E-state index is -0.725. The van der Waals surface area contributed by atoms with Gasteiger partial charge < -0.3 is 10.0 Å². The van der Waals surface area contributed by atoms with Gasteiger partial charge in [0.05, 0.1) is 0 Å². The number of carboxylic acids is 1. The molecule has 0 amide bonds. The van der Waals surface area contributed by atoms with E-state index >= 15 is 0 Å². The molecule has 1 saturated heterocycles. The van der Waals surface area contributed by atoms with Crippen molar-refractivity contribution in [3.63, 3.8) is 0 Å². The average molecular weight is 242 g/mol. The Bertz CT molecular complexity index is 248. The minimum Gasteiger partial charge on any atom is -0.480 e. The normalized spacial score (nSPS) is 21.1. The van der Waals surface area contributed by atoms with Gasteiger partial charge in [-0.3, -0.25) is 9.69 Å². The summed E-state index contributed by atoms with van der Waals surface area (Å²) in [5, 5.41) is 9.00. The zero-order chi connectivity index (χ0) is 13.0. The van der Waals surface area contributed by atoms with Gasteiger partial charge in [-0.2, -0.15) is 0 Å². The lowest BCUT2D eigenvalue weighted by atomic mass is 10.0. The molecular weight excluding hydrogens is 216 g/mol. The highest BCUT2D eigenvalue weighted by molar-refractivity contribution is 5.72. The number of aliphatic carboxylic acids is 1. The standard InChI is InChI=1S/C13H26N2O2/c1-10(2)9-15-7-5-12(6-8-15)14(4)11(3)13(16)17/h10-12H,5-9H2,1-4H3,(H,16,17). The first kappa shape index (κ1) is 14.5. The fourth-order valence-electron chi connectivity index (χ4n) is 2.52. The Labute approximate surface area is 105 Å². The van der Waals surface area contributed by atoms with Crippen LogP contribution in [0.2, 0.25) is 0 Å². The molecule has 0 aliphatic carbocycles. The largest absolute Gasteiger partial charge is 0.480 e. The maximum atomic E-state index is 10.9. The molecule has 100 valence electrons. The van der Waals surface area contributed by atoms with E-state index in [1.807, 2.05) is 11.9 Å². The second kappa shape index (κ2) is 6.36. The summed E-state index contributed by atoms with van der Waals surface area (Å²) in [5.41, 5.74) is 0. The van der Waals surface area contributed by atoms with Crippen LogP contribution >= 0.6 is 0 Å². The van der Waals surface area contributed by atoms with Gasteiger partial charge in [0.2, 0.25) is 0 Å². The molecular formula is C13H26N2O2. The van der Waals surface area contributed by atoms with Crippen LogP contribution in [0.4, 0.5) is 0 Å². The molecule has 1 unspecified atom stereocenters. The van der Waals surface area contributed by atoms with Gasteiger partial charge in [-0.05, 0) is 45.8 Å². The molecule has 0 bridgehead atoms. The van der Waals surface area contributed by atoms with Crippen molar-refractivity contribution in [2.75, 3.05) is 26.7 Å². The van der Waals surface area contributed by atoms with Crippen LogP contribution in [0.3, 0.4) is 0 Å². The van der Waals surface area contributed by atoms with Crippen molar-refractivity contribution in [1.29, 1.82) is 0 Å². The van der Waals surface area contributed by atoms with Crippen molar-refractivity contribution in [3.05, 3.63) is 0 Å². The number of likely N-dealkylation sites (tertiary alicyclic amines) is 1. The van der Waals surface area contributed by atoms with E-state index < -0.39 is 5.97 Å². The van der Waals surface area contributed by atoms with E-state index in [1.54, 1.807) is 6.92 Å². The van der Waals surface area contributed by atoms with E-state index in [2.05, 4.69) is 18.7 Å². The second-order valence-electron chi connectivity index (χ2n) is 5.61. The van der Waals surface area contributed by atoms with Crippen LogP contribution in [0.1, 0.15) is 33.6 Å². The van der Waals surface area contributed by atoms with Crippen molar-refractivity contribution in [2.45, 2.75) is 45.7 Å². The van der Waals surface area contributed by atoms with E-state index in [4.69, 9.17) is 5.11 Å². The number of carbonyl (C=O) groups is 1. The fraction of sp³-hybridized carbons (Fsp3) is 0.923. The lowest BCUT2D eigenvalue weighted by molar-refractivity contribution is -0.143. The number of hydrogen-bond acceptors (Lipinski definition) is 3. The third-order valence-electron chi connectivity index (χ3n) is 3.72. The Morgan fingerprint density at radius 3 is 2.29 bits per heavy atom. The highest BCUT2D eigenvalue weighted by atomic mass is 16.4. The molecule has 1 atom stereocenters. The number of carboxylic acid groups (broad SMARTS) is 1. The summed E-state index contributed by atoms with van der Waals surface area (Å²) in [6.07, 6.45) is 2.17. The van der Waals surface area contributed by atoms with Crippen LogP contribution in [0.25, 0.3) is 0 Å². The van der Waals surface area contributed by atoms with Crippen LogP contribution in [0.15, 0.2) is 0 Å². The van der Waals surface area contributed by atoms with Crippen LogP contribution in [0.5, 0.6) is 0 Å². The van der Waals surface area contributed by atoms with Crippen LogP contribution in [-0.2, 0) is 4.79 Å². The number of piperidine rings is 1. The van der Waals surface area contributed by atoms with Crippen molar-refractivity contribution in [3.8, 4) is 0 Å². The monoisotopic (exact) mass is 242 g/mol. The summed E-state index contributed by atoms with van der Waals surface area (Å²) in [4.78, 5) is 15.4. The van der Waals surface area contributed by atoms with Crippen LogP contribution in [-0.4, -0.2) is 59.6 Å². The highest BCUT2D eigenvalue weighted by Crippen LogP contribution is 2.18. The summed E-state index contributed by atoms with van der Waals surface area (Å²) in [5.74, 6) is -0.0145. The first-order valence-corrected chi connectivity index (χ1v) is 6.59. The average Bonchev–Trinajstić information content (AvgIpc) is 2.27. The third-order valence-corrected chi connectivity index (χ3v) is 3.72. The maximum absolute atomic E-state index is 10.9. The molecule has 1 aliphatic heterocycles. The molecule has 1 heterocycles. The Morgan fingerprint density at radius 2 is 1.88 bits per heavy atom. The van der Waals surface area contributed by atoms with Crippen molar-refractivity contribution < 1.29 is 9.90 Å². The van der Waals surface area contributed by atoms with E-state index in [1.165, 1.54) is 0 Å². The topological polar surface area (TPSA) is 43.8 Å². The molecule has 1 N–H and O–H groups in total. The molecule has 0 aromatic carbocycles. The Balaban J connectivity index is 2.38. The smallest absolute Gasteiger partial charge is 0.320 e. The van der Waals surface area contributed by atoms with Gasteiger partial charge in [-0.1, -0.05) is 13.8 Å². The summed E-state index contributed by atoms with van der Waals surface area (Å²) >= 11 is 0. The second-order valence-corrected chi connectivity index (χ2v) is 5.61. The predicted molar refractivity (Wildman–Crippen MR) is 69.2 cm³/mol. The maximum Gasteiger partial charge on any atom is 0.320 e. The molecule has 4 heteroatoms. The molecule has 0 spiro atoms. The van der Waals surface area contributed by atoms with E-state index in [9.17, 15) is 4.79 Å². The first-order chi connectivity index (χ1) is 7.91. The molecule has 1 fully saturated rings. The molecule has 0 aromatic heterocycles. The highest BCUT2D eigenvalue weighted by Gasteiger charge is 2.27. The van der Waals surface area contributed by atoms with Gasteiger partial charge in [-0.25, -0.2) is 0 Å². The van der Waals surface area contributed by atoms with Crippen molar-refractivity contribution in [2.24, 2.45) is 5.92 Å². The molecule has 0 saturated carbocycles. The van der Waals surface area contributed by atoms with Gasteiger partial charge in [0.1, 0.15) is 6.04 Å². The number of rotatable bonds is 5. The van der Waals surface area contributed by atoms with Crippen molar-refractivity contribution in [1.82, 2.24) is 9.80 Å². The molecule has 1 aliphatic rings.